The summed E-state index contributed by atoms with van der Waals surface area (Å²) in [7, 11) is 3.89. The summed E-state index contributed by atoms with van der Waals surface area (Å²) in [6.45, 7) is 0.929. The van der Waals surface area contributed by atoms with E-state index in [-0.39, 0.29) is 31.1 Å². The van der Waals surface area contributed by atoms with Gasteiger partial charge in [0.2, 0.25) is 0 Å². The van der Waals surface area contributed by atoms with Crippen LogP contribution in [0.5, 0.6) is 0 Å². The standard InChI is InChI=1S/C15H23N3O3/c1-17(2)14-5-3-4-13(6-14)16-15(21)18-7-11(9-19)12(8-18)10-20/h3-6,11-12,19-20H,7-10H2,1-2H3,(H,16,21). The highest BCUT2D eigenvalue weighted by molar-refractivity contribution is 5.90. The van der Waals surface area contributed by atoms with Crippen molar-refractivity contribution in [2.75, 3.05) is 50.6 Å². The summed E-state index contributed by atoms with van der Waals surface area (Å²) < 4.78 is 0. The topological polar surface area (TPSA) is 76.0 Å². The van der Waals surface area contributed by atoms with Crippen LogP contribution in [0.3, 0.4) is 0 Å². The molecule has 1 aliphatic heterocycles. The van der Waals surface area contributed by atoms with E-state index in [2.05, 4.69) is 5.32 Å². The lowest BCUT2D eigenvalue weighted by Crippen LogP contribution is -2.33. The second kappa shape index (κ2) is 6.78. The lowest BCUT2D eigenvalue weighted by Gasteiger charge is -2.18. The number of rotatable bonds is 4. The summed E-state index contributed by atoms with van der Waals surface area (Å²) in [5, 5.41) is 21.4. The van der Waals surface area contributed by atoms with Gasteiger partial charge in [-0.05, 0) is 18.2 Å². The second-order valence-electron chi connectivity index (χ2n) is 5.67. The van der Waals surface area contributed by atoms with Crippen LogP contribution in [-0.2, 0) is 0 Å². The van der Waals surface area contributed by atoms with E-state index in [4.69, 9.17) is 0 Å². The van der Waals surface area contributed by atoms with Crippen LogP contribution in [-0.4, -0.2) is 61.5 Å². The number of hydrogen-bond donors (Lipinski definition) is 3. The van der Waals surface area contributed by atoms with E-state index in [1.54, 1.807) is 4.90 Å². The Labute approximate surface area is 125 Å². The fraction of sp³-hybridized carbons (Fsp3) is 0.533. The largest absolute Gasteiger partial charge is 0.396 e. The van der Waals surface area contributed by atoms with Gasteiger partial charge in [-0.15, -0.1) is 0 Å². The van der Waals surface area contributed by atoms with Crippen LogP contribution in [0, 0.1) is 11.8 Å². The summed E-state index contributed by atoms with van der Waals surface area (Å²) in [5.74, 6) is -0.0947. The summed E-state index contributed by atoms with van der Waals surface area (Å²) in [5.41, 5.74) is 1.75. The Balaban J connectivity index is 2.00. The molecule has 0 spiro atoms. The molecule has 1 saturated heterocycles. The highest BCUT2D eigenvalue weighted by atomic mass is 16.3. The first-order chi connectivity index (χ1) is 10.0. The number of aliphatic hydroxyl groups is 2. The SMILES string of the molecule is CN(C)c1cccc(NC(=O)N2CC(CO)C(CO)C2)c1. The molecule has 0 aliphatic carbocycles. The molecule has 0 aromatic heterocycles. The molecule has 2 rings (SSSR count). The molecule has 3 N–H and O–H groups in total. The highest BCUT2D eigenvalue weighted by Gasteiger charge is 2.34. The minimum absolute atomic E-state index is 0.00881. The summed E-state index contributed by atoms with van der Waals surface area (Å²) in [6.07, 6.45) is 0. The van der Waals surface area contributed by atoms with Gasteiger partial charge in [-0.2, -0.15) is 0 Å². The Bertz CT molecular complexity index is 481. The maximum absolute atomic E-state index is 12.3. The van der Waals surface area contributed by atoms with Gasteiger partial charge in [0.15, 0.2) is 0 Å². The zero-order valence-electron chi connectivity index (χ0n) is 12.5. The number of amides is 2. The van der Waals surface area contributed by atoms with Crippen molar-refractivity contribution in [2.24, 2.45) is 11.8 Å². The molecular weight excluding hydrogens is 270 g/mol. The van der Waals surface area contributed by atoms with Crippen LogP contribution in [0.25, 0.3) is 0 Å². The first-order valence-electron chi connectivity index (χ1n) is 7.10. The van der Waals surface area contributed by atoms with Crippen molar-refractivity contribution in [3.63, 3.8) is 0 Å². The molecule has 1 heterocycles. The van der Waals surface area contributed by atoms with E-state index >= 15 is 0 Å². The first kappa shape index (κ1) is 15.6. The molecule has 0 bridgehead atoms. The number of likely N-dealkylation sites (tertiary alicyclic amines) is 1. The molecule has 2 amide bonds. The summed E-state index contributed by atoms with van der Waals surface area (Å²) in [4.78, 5) is 15.9. The predicted octanol–water partition coefficient (Wildman–Crippen LogP) is 0.817. The van der Waals surface area contributed by atoms with Crippen LogP contribution in [0.15, 0.2) is 24.3 Å². The maximum Gasteiger partial charge on any atom is 0.321 e. The number of hydrogen-bond acceptors (Lipinski definition) is 4. The minimum Gasteiger partial charge on any atom is -0.396 e. The number of anilines is 2. The van der Waals surface area contributed by atoms with E-state index in [0.717, 1.165) is 11.4 Å². The van der Waals surface area contributed by atoms with Crippen molar-refractivity contribution >= 4 is 17.4 Å². The fourth-order valence-electron chi connectivity index (χ4n) is 2.58. The van der Waals surface area contributed by atoms with Crippen LogP contribution in [0.2, 0.25) is 0 Å². The number of carbonyl (C=O) groups is 1. The highest BCUT2D eigenvalue weighted by Crippen LogP contribution is 2.24. The van der Waals surface area contributed by atoms with Crippen molar-refractivity contribution < 1.29 is 15.0 Å². The molecule has 21 heavy (non-hydrogen) atoms. The lowest BCUT2D eigenvalue weighted by atomic mass is 9.98. The molecule has 0 saturated carbocycles. The third-order valence-electron chi connectivity index (χ3n) is 3.95. The van der Waals surface area contributed by atoms with Crippen molar-refractivity contribution in [3.05, 3.63) is 24.3 Å². The fourth-order valence-corrected chi connectivity index (χ4v) is 2.58. The molecule has 6 heteroatoms. The monoisotopic (exact) mass is 293 g/mol. The number of nitrogens with one attached hydrogen (secondary N) is 1. The number of aliphatic hydroxyl groups excluding tert-OH is 2. The zero-order chi connectivity index (χ0) is 15.4. The Morgan fingerprint density at radius 1 is 1.29 bits per heavy atom. The van der Waals surface area contributed by atoms with Crippen molar-refractivity contribution in [1.29, 1.82) is 0 Å². The summed E-state index contributed by atoms with van der Waals surface area (Å²) >= 11 is 0. The van der Waals surface area contributed by atoms with E-state index in [9.17, 15) is 15.0 Å². The van der Waals surface area contributed by atoms with Crippen LogP contribution < -0.4 is 10.2 Å². The molecule has 0 radical (unpaired) electrons. The van der Waals surface area contributed by atoms with E-state index in [1.165, 1.54) is 0 Å². The average molecular weight is 293 g/mol. The number of nitrogens with zero attached hydrogens (tertiary/aromatic N) is 2. The molecule has 1 aromatic carbocycles. The van der Waals surface area contributed by atoms with Crippen molar-refractivity contribution in [1.82, 2.24) is 4.90 Å². The third kappa shape index (κ3) is 3.65. The van der Waals surface area contributed by atoms with Gasteiger partial charge in [-0.3, -0.25) is 0 Å². The van der Waals surface area contributed by atoms with Crippen LogP contribution in [0.4, 0.5) is 16.2 Å². The molecule has 1 fully saturated rings. The van der Waals surface area contributed by atoms with Gasteiger partial charge < -0.3 is 25.3 Å². The zero-order valence-corrected chi connectivity index (χ0v) is 12.5. The van der Waals surface area contributed by atoms with Gasteiger partial charge in [0.05, 0.1) is 0 Å². The summed E-state index contributed by atoms with van der Waals surface area (Å²) in [6, 6.07) is 7.41. The van der Waals surface area contributed by atoms with Gasteiger partial charge in [-0.1, -0.05) is 6.07 Å². The molecule has 116 valence electrons. The average Bonchev–Trinajstić information content (AvgIpc) is 2.91. The third-order valence-corrected chi connectivity index (χ3v) is 3.95. The first-order valence-corrected chi connectivity index (χ1v) is 7.10. The van der Waals surface area contributed by atoms with Crippen LogP contribution in [0.1, 0.15) is 0 Å². The molecule has 1 aliphatic rings. The van der Waals surface area contributed by atoms with Gasteiger partial charge in [0, 0.05) is 63.6 Å². The van der Waals surface area contributed by atoms with E-state index in [1.807, 2.05) is 43.3 Å². The second-order valence-corrected chi connectivity index (χ2v) is 5.67. The van der Waals surface area contributed by atoms with E-state index < -0.39 is 0 Å². The van der Waals surface area contributed by atoms with Crippen molar-refractivity contribution in [2.45, 2.75) is 0 Å². The van der Waals surface area contributed by atoms with Gasteiger partial charge in [0.25, 0.3) is 0 Å². The Morgan fingerprint density at radius 2 is 1.90 bits per heavy atom. The molecule has 2 atom stereocenters. The quantitative estimate of drug-likeness (QED) is 0.768. The minimum atomic E-state index is -0.194. The van der Waals surface area contributed by atoms with Gasteiger partial charge >= 0.3 is 6.03 Å². The Hall–Kier alpha value is -1.79. The maximum atomic E-state index is 12.3. The van der Waals surface area contributed by atoms with E-state index in [0.29, 0.717) is 13.1 Å². The smallest absolute Gasteiger partial charge is 0.321 e. The predicted molar refractivity (Wildman–Crippen MR) is 82.5 cm³/mol. The molecular formula is C15H23N3O3. The number of urea groups is 1. The number of benzene rings is 1. The lowest BCUT2D eigenvalue weighted by molar-refractivity contribution is 0.152. The van der Waals surface area contributed by atoms with Gasteiger partial charge in [0.1, 0.15) is 0 Å². The van der Waals surface area contributed by atoms with Gasteiger partial charge in [-0.25, -0.2) is 4.79 Å². The number of carbonyl (C=O) groups excluding carboxylic acids is 1. The van der Waals surface area contributed by atoms with Crippen LogP contribution >= 0.6 is 0 Å². The Morgan fingerprint density at radius 3 is 2.43 bits per heavy atom. The molecule has 1 aromatic rings. The molecule has 6 nitrogen and oxygen atoms in total. The van der Waals surface area contributed by atoms with Crippen molar-refractivity contribution in [3.8, 4) is 0 Å². The Kier molecular flexibility index (Phi) is 5.03. The molecule has 2 unspecified atom stereocenters. The normalized spacial score (nSPS) is 21.4.